The van der Waals surface area contributed by atoms with E-state index >= 15 is 0 Å². The number of hydrogen-bond acceptors (Lipinski definition) is 4. The van der Waals surface area contributed by atoms with Gasteiger partial charge in [-0.1, -0.05) is 154 Å². The normalized spacial score (nSPS) is 14.2. The molecule has 0 radical (unpaired) electrons. The van der Waals surface area contributed by atoms with Gasteiger partial charge in [-0.2, -0.15) is 0 Å². The Morgan fingerprint density at radius 2 is 1.02 bits per heavy atom. The molecule has 0 bridgehead atoms. The minimum atomic E-state index is -1.14. The Bertz CT molecular complexity index is 606. The minimum Gasteiger partial charge on any atom is -0.394 e. The molecule has 5 heteroatoms. The molecular formula is C36H69NO4. The van der Waals surface area contributed by atoms with E-state index in [4.69, 9.17) is 0 Å². The number of allylic oxidation sites excluding steroid dienone is 4. The predicted octanol–water partition coefficient (Wildman–Crippen LogP) is 9.09. The van der Waals surface area contributed by atoms with Gasteiger partial charge in [-0.3, -0.25) is 4.79 Å². The molecule has 242 valence electrons. The lowest BCUT2D eigenvalue weighted by molar-refractivity contribution is -0.124. The third kappa shape index (κ3) is 27.4. The fraction of sp³-hybridized carbons (Fsp3) is 0.861. The van der Waals surface area contributed by atoms with Crippen LogP contribution in [0.2, 0.25) is 0 Å². The highest BCUT2D eigenvalue weighted by molar-refractivity contribution is 5.76. The van der Waals surface area contributed by atoms with Gasteiger partial charge in [-0.05, 0) is 38.5 Å². The largest absolute Gasteiger partial charge is 0.394 e. The molecule has 0 aromatic heterocycles. The lowest BCUT2D eigenvalue weighted by Gasteiger charge is -2.26. The summed E-state index contributed by atoms with van der Waals surface area (Å²) in [6.45, 7) is 4.12. The molecule has 41 heavy (non-hydrogen) atoms. The van der Waals surface area contributed by atoms with Crippen LogP contribution in [0.4, 0.5) is 0 Å². The van der Waals surface area contributed by atoms with Crippen LogP contribution in [0, 0.1) is 0 Å². The van der Waals surface area contributed by atoms with Crippen molar-refractivity contribution < 1.29 is 20.1 Å². The summed E-state index contributed by atoms with van der Waals surface area (Å²) in [5.74, 6) is -0.162. The molecule has 4 N–H and O–H groups in total. The lowest BCUT2D eigenvalue weighted by Crippen LogP contribution is -2.50. The van der Waals surface area contributed by atoms with Gasteiger partial charge in [-0.25, -0.2) is 0 Å². The van der Waals surface area contributed by atoms with Crippen LogP contribution < -0.4 is 5.32 Å². The molecule has 0 rings (SSSR count). The molecule has 3 atom stereocenters. The van der Waals surface area contributed by atoms with E-state index in [0.717, 1.165) is 51.4 Å². The first-order valence-electron chi connectivity index (χ1n) is 17.6. The second-order valence-electron chi connectivity index (χ2n) is 12.1. The fourth-order valence-electron chi connectivity index (χ4n) is 5.27. The van der Waals surface area contributed by atoms with Crippen molar-refractivity contribution in [1.29, 1.82) is 0 Å². The number of amides is 1. The topological polar surface area (TPSA) is 89.8 Å². The molecule has 5 nitrogen and oxygen atoms in total. The highest BCUT2D eigenvalue weighted by Crippen LogP contribution is 2.15. The van der Waals surface area contributed by atoms with E-state index < -0.39 is 18.2 Å². The Balaban J connectivity index is 3.75. The van der Waals surface area contributed by atoms with Crippen LogP contribution in [0.15, 0.2) is 24.3 Å². The molecule has 0 aliphatic carbocycles. The SMILES string of the molecule is CCCCCC/C=C/C=C/CCCCCCCC(=O)NC(CO)C(O)C(O)CCCCCCCCCCCCCC. The van der Waals surface area contributed by atoms with Gasteiger partial charge in [-0.15, -0.1) is 0 Å². The average molecular weight is 580 g/mol. The van der Waals surface area contributed by atoms with Crippen molar-refractivity contribution in [3.05, 3.63) is 24.3 Å². The van der Waals surface area contributed by atoms with Crippen LogP contribution in [0.5, 0.6) is 0 Å². The summed E-state index contributed by atoms with van der Waals surface area (Å²) in [6.07, 6.45) is 35.4. The number of carbonyl (C=O) groups is 1. The summed E-state index contributed by atoms with van der Waals surface area (Å²) in [4.78, 5) is 12.3. The van der Waals surface area contributed by atoms with Gasteiger partial charge in [0.05, 0.1) is 18.8 Å². The number of nitrogens with one attached hydrogen (secondary N) is 1. The number of rotatable bonds is 31. The molecule has 0 heterocycles. The first kappa shape index (κ1) is 39.8. The predicted molar refractivity (Wildman–Crippen MR) is 176 cm³/mol. The maximum absolute atomic E-state index is 12.3. The second-order valence-corrected chi connectivity index (χ2v) is 12.1. The molecule has 0 aliphatic rings. The van der Waals surface area contributed by atoms with E-state index in [1.165, 1.54) is 96.3 Å². The van der Waals surface area contributed by atoms with Gasteiger partial charge in [0.15, 0.2) is 0 Å². The first-order chi connectivity index (χ1) is 20.1. The lowest BCUT2D eigenvalue weighted by atomic mass is 9.99. The molecule has 0 aromatic rings. The van der Waals surface area contributed by atoms with Crippen molar-refractivity contribution in [1.82, 2.24) is 5.32 Å². The Morgan fingerprint density at radius 1 is 0.610 bits per heavy atom. The van der Waals surface area contributed by atoms with Crippen LogP contribution in [0.1, 0.15) is 174 Å². The summed E-state index contributed by atoms with van der Waals surface area (Å²) in [5.41, 5.74) is 0. The van der Waals surface area contributed by atoms with Crippen LogP contribution in [0.25, 0.3) is 0 Å². The molecule has 0 aliphatic heterocycles. The highest BCUT2D eigenvalue weighted by Gasteiger charge is 2.26. The summed E-state index contributed by atoms with van der Waals surface area (Å²) in [6, 6.07) is -0.813. The summed E-state index contributed by atoms with van der Waals surface area (Å²) in [5, 5.41) is 33.3. The molecule has 1 amide bonds. The van der Waals surface area contributed by atoms with Crippen molar-refractivity contribution in [3.8, 4) is 0 Å². The van der Waals surface area contributed by atoms with Gasteiger partial charge in [0, 0.05) is 6.42 Å². The number of aliphatic hydroxyl groups excluding tert-OH is 3. The monoisotopic (exact) mass is 580 g/mol. The first-order valence-corrected chi connectivity index (χ1v) is 17.6. The third-order valence-electron chi connectivity index (χ3n) is 8.09. The van der Waals surface area contributed by atoms with Crippen molar-refractivity contribution in [2.45, 2.75) is 193 Å². The number of hydrogen-bond donors (Lipinski definition) is 4. The molecule has 0 fully saturated rings. The fourth-order valence-corrected chi connectivity index (χ4v) is 5.27. The molecule has 0 spiro atoms. The highest BCUT2D eigenvalue weighted by atomic mass is 16.3. The van der Waals surface area contributed by atoms with E-state index in [0.29, 0.717) is 12.8 Å². The van der Waals surface area contributed by atoms with Gasteiger partial charge in [0.25, 0.3) is 0 Å². The number of aliphatic hydroxyl groups is 3. The van der Waals surface area contributed by atoms with Crippen LogP contribution >= 0.6 is 0 Å². The Hall–Kier alpha value is -1.17. The zero-order chi connectivity index (χ0) is 30.2. The molecule has 0 saturated carbocycles. The standard InChI is InChI=1S/C36H69NO4/c1-3-5-7-9-11-13-15-17-18-19-21-23-25-27-29-31-35(40)37-33(32-38)36(41)34(39)30-28-26-24-22-20-16-14-12-10-8-6-4-2/h13,15,17-18,33-34,36,38-39,41H,3-12,14,16,19-32H2,1-2H3,(H,37,40)/b15-13+,18-17+. The van der Waals surface area contributed by atoms with Crippen LogP contribution in [0.3, 0.4) is 0 Å². The summed E-state index contributed by atoms with van der Waals surface area (Å²) >= 11 is 0. The van der Waals surface area contributed by atoms with Crippen LogP contribution in [-0.2, 0) is 4.79 Å². The van der Waals surface area contributed by atoms with E-state index in [1.807, 2.05) is 0 Å². The van der Waals surface area contributed by atoms with Crippen molar-refractivity contribution in [2.24, 2.45) is 0 Å². The Kier molecular flexibility index (Phi) is 30.9. The molecule has 3 unspecified atom stereocenters. The quantitative estimate of drug-likeness (QED) is 0.0487. The van der Waals surface area contributed by atoms with Crippen LogP contribution in [-0.4, -0.2) is 46.1 Å². The van der Waals surface area contributed by atoms with Crippen molar-refractivity contribution >= 4 is 5.91 Å². The minimum absolute atomic E-state index is 0.162. The molecule has 0 aromatic carbocycles. The summed E-state index contributed by atoms with van der Waals surface area (Å²) in [7, 11) is 0. The van der Waals surface area contributed by atoms with Gasteiger partial charge in [0.1, 0.15) is 6.10 Å². The Labute approximate surface area is 254 Å². The van der Waals surface area contributed by atoms with E-state index in [-0.39, 0.29) is 12.5 Å². The van der Waals surface area contributed by atoms with Crippen molar-refractivity contribution in [2.75, 3.05) is 6.61 Å². The maximum Gasteiger partial charge on any atom is 0.220 e. The molecular weight excluding hydrogens is 510 g/mol. The van der Waals surface area contributed by atoms with E-state index in [9.17, 15) is 20.1 Å². The number of unbranched alkanes of at least 4 members (excludes halogenated alkanes) is 20. The zero-order valence-electron chi connectivity index (χ0n) is 27.2. The third-order valence-corrected chi connectivity index (χ3v) is 8.09. The second kappa shape index (κ2) is 31.8. The van der Waals surface area contributed by atoms with Gasteiger partial charge >= 0.3 is 0 Å². The zero-order valence-corrected chi connectivity index (χ0v) is 27.2. The van der Waals surface area contributed by atoms with E-state index in [1.54, 1.807) is 0 Å². The molecule has 0 saturated heterocycles. The van der Waals surface area contributed by atoms with E-state index in [2.05, 4.69) is 43.5 Å². The number of carbonyl (C=O) groups excluding carboxylic acids is 1. The van der Waals surface area contributed by atoms with Gasteiger partial charge < -0.3 is 20.6 Å². The smallest absolute Gasteiger partial charge is 0.220 e. The van der Waals surface area contributed by atoms with Crippen molar-refractivity contribution in [3.63, 3.8) is 0 Å². The average Bonchev–Trinajstić information content (AvgIpc) is 2.97. The summed E-state index contributed by atoms with van der Waals surface area (Å²) < 4.78 is 0. The Morgan fingerprint density at radius 3 is 1.51 bits per heavy atom. The van der Waals surface area contributed by atoms with Gasteiger partial charge in [0.2, 0.25) is 5.91 Å². The maximum atomic E-state index is 12.3.